The van der Waals surface area contributed by atoms with Gasteiger partial charge in [-0.2, -0.15) is 0 Å². The lowest BCUT2D eigenvalue weighted by Gasteiger charge is -2.12. The van der Waals surface area contributed by atoms with Gasteiger partial charge in [0.15, 0.2) is 5.13 Å². The molecular weight excluding hydrogens is 416 g/mol. The van der Waals surface area contributed by atoms with Gasteiger partial charge in [-0.1, -0.05) is 50.3 Å². The molecule has 0 aliphatic rings. The Balaban J connectivity index is 1.27. The van der Waals surface area contributed by atoms with Crippen LogP contribution in [0.1, 0.15) is 44.4 Å². The van der Waals surface area contributed by atoms with Crippen LogP contribution in [-0.4, -0.2) is 20.9 Å². The third-order valence-corrected chi connectivity index (χ3v) is 6.75. The topological polar surface area (TPSA) is 83.8 Å². The number of rotatable bonds is 7. The number of thioether (sulfide) groups is 1. The number of amides is 1. The summed E-state index contributed by atoms with van der Waals surface area (Å²) < 4.78 is 6.83. The van der Waals surface area contributed by atoms with Gasteiger partial charge in [0.2, 0.25) is 11.8 Å². The van der Waals surface area contributed by atoms with Gasteiger partial charge in [-0.25, -0.2) is 9.97 Å². The zero-order valence-corrected chi connectivity index (χ0v) is 18.8. The van der Waals surface area contributed by atoms with Crippen molar-refractivity contribution in [2.24, 2.45) is 0 Å². The van der Waals surface area contributed by atoms with Gasteiger partial charge in [0.05, 0.1) is 22.4 Å². The summed E-state index contributed by atoms with van der Waals surface area (Å²) in [5, 5.41) is 4.68. The van der Waals surface area contributed by atoms with Gasteiger partial charge in [-0.05, 0) is 18.1 Å². The van der Waals surface area contributed by atoms with Gasteiger partial charge in [-0.3, -0.25) is 4.79 Å². The van der Waals surface area contributed by atoms with Crippen LogP contribution in [0.15, 0.2) is 51.5 Å². The van der Waals surface area contributed by atoms with Crippen molar-refractivity contribution in [2.75, 3.05) is 5.32 Å². The molecule has 3 aromatic heterocycles. The van der Waals surface area contributed by atoms with Crippen molar-refractivity contribution in [1.82, 2.24) is 15.0 Å². The minimum absolute atomic E-state index is 0.0336. The highest BCUT2D eigenvalue weighted by atomic mass is 32.2. The number of nitrogens with one attached hydrogen (secondary N) is 2. The van der Waals surface area contributed by atoms with E-state index in [9.17, 15) is 4.79 Å². The highest BCUT2D eigenvalue weighted by Gasteiger charge is 2.19. The number of oxazole rings is 1. The normalized spacial score (nSPS) is 11.8. The fourth-order valence-electron chi connectivity index (χ4n) is 3.01. The summed E-state index contributed by atoms with van der Waals surface area (Å²) in [5.74, 6) is 2.17. The average Bonchev–Trinajstić information content (AvgIpc) is 3.44. The number of aryl methyl sites for hydroxylation is 1. The summed E-state index contributed by atoms with van der Waals surface area (Å²) in [6.07, 6.45) is 6.64. The van der Waals surface area contributed by atoms with E-state index in [-0.39, 0.29) is 11.3 Å². The van der Waals surface area contributed by atoms with E-state index in [2.05, 4.69) is 47.1 Å². The van der Waals surface area contributed by atoms with Crippen molar-refractivity contribution in [3.8, 4) is 0 Å². The van der Waals surface area contributed by atoms with Crippen molar-refractivity contribution >= 4 is 45.0 Å². The Morgan fingerprint density at radius 3 is 2.87 bits per heavy atom. The van der Waals surface area contributed by atoms with Crippen LogP contribution >= 0.6 is 23.1 Å². The fourth-order valence-corrected chi connectivity index (χ4v) is 4.75. The molecule has 156 valence electrons. The zero-order chi connectivity index (χ0) is 21.1. The third-order valence-electron chi connectivity index (χ3n) is 4.66. The molecule has 4 rings (SSSR count). The number of thiazole rings is 1. The van der Waals surface area contributed by atoms with Crippen molar-refractivity contribution in [3.05, 3.63) is 60.1 Å². The maximum atomic E-state index is 12.3. The molecule has 0 saturated carbocycles. The first-order valence-corrected chi connectivity index (χ1v) is 11.6. The third kappa shape index (κ3) is 4.94. The number of carbonyl (C=O) groups excluding carboxylic acids is 1. The molecule has 3 heterocycles. The second kappa shape index (κ2) is 8.65. The molecule has 30 heavy (non-hydrogen) atoms. The minimum atomic E-state index is -0.0511. The number of fused-ring (bicyclic) bond motifs is 1. The van der Waals surface area contributed by atoms with Crippen molar-refractivity contribution < 1.29 is 9.21 Å². The summed E-state index contributed by atoms with van der Waals surface area (Å²) in [4.78, 5) is 24.3. The molecule has 2 N–H and O–H groups in total. The number of nitrogens with zero attached hydrogens (tertiary/aromatic N) is 2. The first-order valence-electron chi connectivity index (χ1n) is 9.77. The first-order chi connectivity index (χ1) is 14.4. The molecule has 0 fully saturated rings. The Hall–Kier alpha value is -2.58. The van der Waals surface area contributed by atoms with E-state index in [1.54, 1.807) is 24.2 Å². The Morgan fingerprint density at radius 1 is 1.23 bits per heavy atom. The van der Waals surface area contributed by atoms with Crippen LogP contribution in [0.2, 0.25) is 0 Å². The number of H-pyrrole nitrogens is 1. The molecule has 0 aliphatic carbocycles. The standard InChI is InChI=1S/C22H24N4O2S2/c1-22(2,3)17-11-24-19(28-17)13-29-20-12-25-21(30-20)26-18(27)9-8-14-10-23-16-7-5-4-6-15(14)16/h4-7,10-12,23H,8-9,13H2,1-3H3,(H,25,26,27). The van der Waals surface area contributed by atoms with E-state index in [1.807, 2.05) is 24.4 Å². The second-order valence-electron chi connectivity index (χ2n) is 8.05. The number of para-hydroxylation sites is 1. The van der Waals surface area contributed by atoms with E-state index in [4.69, 9.17) is 4.42 Å². The van der Waals surface area contributed by atoms with E-state index >= 15 is 0 Å². The predicted octanol–water partition coefficient (Wildman–Crippen LogP) is 5.77. The lowest BCUT2D eigenvalue weighted by Crippen LogP contribution is -2.11. The van der Waals surface area contributed by atoms with E-state index < -0.39 is 0 Å². The SMILES string of the molecule is CC(C)(C)c1cnc(CSc2cnc(NC(=O)CCc3c[nH]c4ccccc34)s2)o1. The van der Waals surface area contributed by atoms with Crippen LogP contribution in [0.4, 0.5) is 5.13 Å². The number of aromatic nitrogens is 3. The van der Waals surface area contributed by atoms with E-state index in [1.165, 1.54) is 16.7 Å². The monoisotopic (exact) mass is 440 g/mol. The minimum Gasteiger partial charge on any atom is -0.444 e. The summed E-state index contributed by atoms with van der Waals surface area (Å²) in [7, 11) is 0. The molecule has 0 radical (unpaired) electrons. The molecule has 0 aliphatic heterocycles. The lowest BCUT2D eigenvalue weighted by atomic mass is 9.94. The van der Waals surface area contributed by atoms with Gasteiger partial charge in [0, 0.05) is 28.9 Å². The molecule has 4 aromatic rings. The molecule has 0 atom stereocenters. The van der Waals surface area contributed by atoms with Crippen molar-refractivity contribution in [3.63, 3.8) is 0 Å². The quantitative estimate of drug-likeness (QED) is 0.356. The Morgan fingerprint density at radius 2 is 2.07 bits per heavy atom. The van der Waals surface area contributed by atoms with Crippen molar-refractivity contribution in [1.29, 1.82) is 0 Å². The van der Waals surface area contributed by atoms with Crippen LogP contribution in [0.3, 0.4) is 0 Å². The first kappa shape index (κ1) is 20.7. The van der Waals surface area contributed by atoms with Crippen LogP contribution in [-0.2, 0) is 22.4 Å². The van der Waals surface area contributed by atoms with Gasteiger partial charge >= 0.3 is 0 Å². The second-order valence-corrected chi connectivity index (χ2v) is 10.4. The number of hydrogen-bond acceptors (Lipinski definition) is 6. The van der Waals surface area contributed by atoms with Crippen LogP contribution in [0.25, 0.3) is 10.9 Å². The number of anilines is 1. The molecule has 0 saturated heterocycles. The highest BCUT2D eigenvalue weighted by Crippen LogP contribution is 2.32. The molecular formula is C22H24N4O2S2. The summed E-state index contributed by atoms with van der Waals surface area (Å²) in [6, 6.07) is 8.12. The number of carbonyl (C=O) groups is 1. The van der Waals surface area contributed by atoms with E-state index in [0.29, 0.717) is 29.6 Å². The largest absolute Gasteiger partial charge is 0.444 e. The number of benzene rings is 1. The molecule has 1 aromatic carbocycles. The number of hydrogen-bond donors (Lipinski definition) is 2. The highest BCUT2D eigenvalue weighted by molar-refractivity contribution is 8.00. The number of aromatic amines is 1. The van der Waals surface area contributed by atoms with Gasteiger partial charge in [0.1, 0.15) is 5.76 Å². The maximum Gasteiger partial charge on any atom is 0.226 e. The molecule has 6 nitrogen and oxygen atoms in total. The fraction of sp³-hybridized carbons (Fsp3) is 0.318. The molecule has 0 bridgehead atoms. The van der Waals surface area contributed by atoms with Gasteiger partial charge < -0.3 is 14.7 Å². The van der Waals surface area contributed by atoms with E-state index in [0.717, 1.165) is 21.0 Å². The molecule has 8 heteroatoms. The average molecular weight is 441 g/mol. The molecule has 0 spiro atoms. The Bertz CT molecular complexity index is 1150. The summed E-state index contributed by atoms with van der Waals surface area (Å²) >= 11 is 3.07. The molecule has 1 amide bonds. The van der Waals surface area contributed by atoms with Crippen molar-refractivity contribution in [2.45, 2.75) is 49.0 Å². The van der Waals surface area contributed by atoms with Crippen LogP contribution in [0.5, 0.6) is 0 Å². The van der Waals surface area contributed by atoms with Gasteiger partial charge in [-0.15, -0.1) is 11.8 Å². The predicted molar refractivity (Wildman–Crippen MR) is 122 cm³/mol. The smallest absolute Gasteiger partial charge is 0.226 e. The maximum absolute atomic E-state index is 12.3. The van der Waals surface area contributed by atoms with Gasteiger partial charge in [0.25, 0.3) is 0 Å². The molecule has 0 unspecified atom stereocenters. The summed E-state index contributed by atoms with van der Waals surface area (Å²) in [5.41, 5.74) is 2.19. The zero-order valence-electron chi connectivity index (χ0n) is 17.2. The van der Waals surface area contributed by atoms with Crippen LogP contribution in [0, 0.1) is 0 Å². The lowest BCUT2D eigenvalue weighted by molar-refractivity contribution is -0.116. The Labute approximate surface area is 183 Å². The summed E-state index contributed by atoms with van der Waals surface area (Å²) in [6.45, 7) is 6.29. The van der Waals surface area contributed by atoms with Crippen LogP contribution < -0.4 is 5.32 Å². The Kier molecular flexibility index (Phi) is 5.97.